The van der Waals surface area contributed by atoms with Crippen LogP contribution in [0.25, 0.3) is 0 Å². The lowest BCUT2D eigenvalue weighted by molar-refractivity contribution is -0.151. The Morgan fingerprint density at radius 1 is 1.50 bits per heavy atom. The number of carbonyl (C=O) groups excluding carboxylic acids is 1. The third kappa shape index (κ3) is 3.36. The molecule has 0 aromatic heterocycles. The third-order valence-corrected chi connectivity index (χ3v) is 2.00. The fraction of sp³-hybridized carbons (Fsp3) is 0.800. The van der Waals surface area contributed by atoms with E-state index < -0.39 is 17.4 Å². The minimum atomic E-state index is -0.946. The average Bonchev–Trinajstić information content (AvgIpc) is 2.00. The number of amides is 1. The Labute approximate surface area is 84.9 Å². The van der Waals surface area contributed by atoms with Gasteiger partial charge in [-0.25, -0.2) is 4.79 Å². The van der Waals surface area contributed by atoms with Crippen LogP contribution in [0.2, 0.25) is 0 Å². The van der Waals surface area contributed by atoms with Gasteiger partial charge in [0.05, 0.1) is 0 Å². The molecule has 0 saturated heterocycles. The molecule has 0 aromatic carbocycles. The second-order valence-electron chi connectivity index (χ2n) is 4.45. The van der Waals surface area contributed by atoms with Gasteiger partial charge in [0.2, 0.25) is 6.41 Å². The minimum Gasteiger partial charge on any atom is -0.480 e. The molecule has 4 nitrogen and oxygen atoms in total. The molecule has 0 saturated carbocycles. The molecule has 0 radical (unpaired) electrons. The predicted molar refractivity (Wildman–Crippen MR) is 53.9 cm³/mol. The monoisotopic (exact) mass is 201 g/mol. The van der Waals surface area contributed by atoms with Crippen LogP contribution in [0.15, 0.2) is 0 Å². The third-order valence-electron chi connectivity index (χ3n) is 2.00. The second kappa shape index (κ2) is 4.98. The minimum absolute atomic E-state index is 0.443. The van der Waals surface area contributed by atoms with Crippen LogP contribution in [0.1, 0.15) is 34.1 Å². The molecule has 0 aliphatic rings. The highest BCUT2D eigenvalue weighted by atomic mass is 16.4. The molecule has 1 amide bonds. The van der Waals surface area contributed by atoms with Gasteiger partial charge in [-0.05, 0) is 11.8 Å². The van der Waals surface area contributed by atoms with E-state index in [0.29, 0.717) is 13.0 Å². The van der Waals surface area contributed by atoms with E-state index in [1.54, 1.807) is 0 Å². The molecule has 1 unspecified atom stereocenters. The molecular weight excluding hydrogens is 182 g/mol. The van der Waals surface area contributed by atoms with Crippen molar-refractivity contribution in [3.05, 3.63) is 0 Å². The highest BCUT2D eigenvalue weighted by Gasteiger charge is 2.35. The molecule has 14 heavy (non-hydrogen) atoms. The number of hydrogen-bond donors (Lipinski definition) is 1. The van der Waals surface area contributed by atoms with Crippen LogP contribution in [0.4, 0.5) is 0 Å². The Bertz CT molecular complexity index is 208. The molecule has 0 bridgehead atoms. The average molecular weight is 201 g/mol. The van der Waals surface area contributed by atoms with E-state index in [-0.39, 0.29) is 0 Å². The lowest BCUT2D eigenvalue weighted by atomic mass is 9.86. The van der Waals surface area contributed by atoms with Crippen molar-refractivity contribution in [3.8, 4) is 0 Å². The van der Waals surface area contributed by atoms with Crippen molar-refractivity contribution in [1.82, 2.24) is 4.90 Å². The maximum absolute atomic E-state index is 11.0. The van der Waals surface area contributed by atoms with Crippen LogP contribution in [-0.4, -0.2) is 35.0 Å². The molecule has 4 heteroatoms. The Kier molecular flexibility index (Phi) is 4.60. The number of nitrogens with zero attached hydrogens (tertiary/aromatic N) is 1. The van der Waals surface area contributed by atoms with Crippen LogP contribution in [0, 0.1) is 5.41 Å². The van der Waals surface area contributed by atoms with Crippen LogP contribution in [0.5, 0.6) is 0 Å². The van der Waals surface area contributed by atoms with E-state index in [4.69, 9.17) is 5.11 Å². The number of carboxylic acid groups (broad SMARTS) is 1. The molecule has 0 rings (SSSR count). The summed E-state index contributed by atoms with van der Waals surface area (Å²) in [4.78, 5) is 23.1. The Hall–Kier alpha value is -1.06. The second-order valence-corrected chi connectivity index (χ2v) is 4.45. The van der Waals surface area contributed by atoms with Gasteiger partial charge in [0.1, 0.15) is 6.04 Å². The first-order valence-corrected chi connectivity index (χ1v) is 4.78. The summed E-state index contributed by atoms with van der Waals surface area (Å²) in [6.45, 7) is 7.85. The quantitative estimate of drug-likeness (QED) is 0.683. The van der Waals surface area contributed by atoms with Crippen molar-refractivity contribution < 1.29 is 14.7 Å². The summed E-state index contributed by atoms with van der Waals surface area (Å²) < 4.78 is 0. The van der Waals surface area contributed by atoms with Gasteiger partial charge in [0, 0.05) is 6.54 Å². The van der Waals surface area contributed by atoms with E-state index in [1.165, 1.54) is 4.90 Å². The predicted octanol–water partition coefficient (Wildman–Crippen LogP) is 1.35. The lowest BCUT2D eigenvalue weighted by Gasteiger charge is -2.34. The highest BCUT2D eigenvalue weighted by molar-refractivity contribution is 5.77. The molecule has 0 heterocycles. The van der Waals surface area contributed by atoms with Gasteiger partial charge in [-0.15, -0.1) is 0 Å². The molecule has 1 atom stereocenters. The first kappa shape index (κ1) is 12.9. The van der Waals surface area contributed by atoms with Crippen LogP contribution < -0.4 is 0 Å². The summed E-state index contributed by atoms with van der Waals surface area (Å²) in [6, 6.07) is -0.750. The fourth-order valence-electron chi connectivity index (χ4n) is 1.51. The first-order valence-electron chi connectivity index (χ1n) is 4.78. The van der Waals surface area contributed by atoms with E-state index in [9.17, 15) is 9.59 Å². The molecule has 82 valence electrons. The molecule has 0 fully saturated rings. The number of aliphatic carboxylic acids is 1. The van der Waals surface area contributed by atoms with Crippen molar-refractivity contribution in [3.63, 3.8) is 0 Å². The first-order chi connectivity index (χ1) is 6.34. The summed E-state index contributed by atoms with van der Waals surface area (Å²) in [5, 5.41) is 9.04. The number of carbonyl (C=O) groups is 2. The molecule has 0 aliphatic carbocycles. The van der Waals surface area contributed by atoms with Gasteiger partial charge in [-0.2, -0.15) is 0 Å². The van der Waals surface area contributed by atoms with Gasteiger partial charge in [-0.1, -0.05) is 27.7 Å². The Morgan fingerprint density at radius 3 is 2.21 bits per heavy atom. The number of hydrogen-bond acceptors (Lipinski definition) is 2. The van der Waals surface area contributed by atoms with E-state index in [2.05, 4.69) is 0 Å². The maximum Gasteiger partial charge on any atom is 0.326 e. The van der Waals surface area contributed by atoms with Gasteiger partial charge in [-0.3, -0.25) is 4.79 Å². The van der Waals surface area contributed by atoms with Crippen LogP contribution in [0.3, 0.4) is 0 Å². The fourth-order valence-corrected chi connectivity index (χ4v) is 1.51. The zero-order chi connectivity index (χ0) is 11.4. The van der Waals surface area contributed by atoms with Gasteiger partial charge in [0.25, 0.3) is 0 Å². The van der Waals surface area contributed by atoms with E-state index in [0.717, 1.165) is 6.42 Å². The highest BCUT2D eigenvalue weighted by Crippen LogP contribution is 2.23. The SMILES string of the molecule is CCCN(C=O)C(C(=O)O)C(C)(C)C. The van der Waals surface area contributed by atoms with E-state index >= 15 is 0 Å². The van der Waals surface area contributed by atoms with Gasteiger partial charge < -0.3 is 10.0 Å². The van der Waals surface area contributed by atoms with Crippen LogP contribution in [-0.2, 0) is 9.59 Å². The summed E-state index contributed by atoms with van der Waals surface area (Å²) in [5.41, 5.74) is -0.443. The Balaban J connectivity index is 4.79. The van der Waals surface area contributed by atoms with Crippen molar-refractivity contribution in [2.24, 2.45) is 5.41 Å². The standard InChI is InChI=1S/C10H19NO3/c1-5-6-11(7-12)8(9(13)14)10(2,3)4/h7-8H,5-6H2,1-4H3,(H,13,14). The smallest absolute Gasteiger partial charge is 0.326 e. The summed E-state index contributed by atoms with van der Waals surface area (Å²) in [6.07, 6.45) is 1.38. The molecule has 0 spiro atoms. The van der Waals surface area contributed by atoms with Gasteiger partial charge in [0.15, 0.2) is 0 Å². The molecule has 0 aromatic rings. The van der Waals surface area contributed by atoms with Crippen LogP contribution >= 0.6 is 0 Å². The molecule has 0 aliphatic heterocycles. The normalized spacial score (nSPS) is 13.4. The van der Waals surface area contributed by atoms with Crippen molar-refractivity contribution in [1.29, 1.82) is 0 Å². The number of rotatable bonds is 5. The summed E-state index contributed by atoms with van der Waals surface area (Å²) in [5.74, 6) is -0.946. The lowest BCUT2D eigenvalue weighted by Crippen LogP contribution is -2.49. The zero-order valence-corrected chi connectivity index (χ0v) is 9.28. The largest absolute Gasteiger partial charge is 0.480 e. The summed E-state index contributed by atoms with van der Waals surface area (Å²) >= 11 is 0. The summed E-state index contributed by atoms with van der Waals surface area (Å²) in [7, 11) is 0. The van der Waals surface area contributed by atoms with Crippen molar-refractivity contribution in [2.75, 3.05) is 6.54 Å². The van der Waals surface area contributed by atoms with Crippen molar-refractivity contribution >= 4 is 12.4 Å². The van der Waals surface area contributed by atoms with Crippen molar-refractivity contribution in [2.45, 2.75) is 40.2 Å². The Morgan fingerprint density at radius 2 is 2.00 bits per heavy atom. The number of carboxylic acids is 1. The topological polar surface area (TPSA) is 57.6 Å². The van der Waals surface area contributed by atoms with Gasteiger partial charge >= 0.3 is 5.97 Å². The van der Waals surface area contributed by atoms with E-state index in [1.807, 2.05) is 27.7 Å². The molecular formula is C10H19NO3. The zero-order valence-electron chi connectivity index (χ0n) is 9.28. The molecule has 1 N–H and O–H groups in total. The maximum atomic E-state index is 11.0.